The first-order valence-corrected chi connectivity index (χ1v) is 8.72. The number of carbonyl (C=O) groups is 1. The van der Waals surface area contributed by atoms with E-state index in [9.17, 15) is 4.79 Å². The van der Waals surface area contributed by atoms with E-state index < -0.39 is 0 Å². The number of amides is 1. The van der Waals surface area contributed by atoms with Crippen LogP contribution < -0.4 is 10.1 Å². The maximum atomic E-state index is 12.3. The van der Waals surface area contributed by atoms with E-state index in [-0.39, 0.29) is 18.3 Å². The van der Waals surface area contributed by atoms with Gasteiger partial charge < -0.3 is 19.5 Å². The lowest BCUT2D eigenvalue weighted by Crippen LogP contribution is -2.51. The molecule has 1 aromatic heterocycles. The highest BCUT2D eigenvalue weighted by Gasteiger charge is 2.21. The Hall–Kier alpha value is -2.12. The van der Waals surface area contributed by atoms with Crippen molar-refractivity contribution in [1.29, 1.82) is 0 Å². The van der Waals surface area contributed by atoms with Crippen LogP contribution in [0.3, 0.4) is 0 Å². The molecule has 1 amide bonds. The maximum Gasteiger partial charge on any atom is 0.227 e. The summed E-state index contributed by atoms with van der Waals surface area (Å²) >= 11 is 0. The van der Waals surface area contributed by atoms with Crippen molar-refractivity contribution >= 4 is 18.3 Å². The first kappa shape index (κ1) is 20.2. The molecular formula is C18H25ClN4O3. The van der Waals surface area contributed by atoms with Crippen LogP contribution in [-0.2, 0) is 11.2 Å². The Morgan fingerprint density at radius 3 is 2.85 bits per heavy atom. The monoisotopic (exact) mass is 380 g/mol. The third-order valence-corrected chi connectivity index (χ3v) is 4.17. The largest absolute Gasteiger partial charge is 0.494 e. The van der Waals surface area contributed by atoms with E-state index in [0.29, 0.717) is 37.2 Å². The van der Waals surface area contributed by atoms with E-state index in [4.69, 9.17) is 9.26 Å². The molecule has 142 valence electrons. The van der Waals surface area contributed by atoms with Gasteiger partial charge in [0.25, 0.3) is 0 Å². The second kappa shape index (κ2) is 9.54. The maximum absolute atomic E-state index is 12.3. The van der Waals surface area contributed by atoms with Crippen molar-refractivity contribution < 1.29 is 14.1 Å². The Balaban J connectivity index is 0.00000243. The van der Waals surface area contributed by atoms with Crippen LogP contribution in [0.2, 0.25) is 0 Å². The summed E-state index contributed by atoms with van der Waals surface area (Å²) in [7, 11) is 0. The highest BCUT2D eigenvalue weighted by Crippen LogP contribution is 2.20. The number of hydrogen-bond donors (Lipinski definition) is 1. The lowest BCUT2D eigenvalue weighted by molar-refractivity contribution is -0.132. The molecule has 8 heteroatoms. The van der Waals surface area contributed by atoms with Crippen molar-refractivity contribution in [3.8, 4) is 17.1 Å². The number of halogens is 1. The smallest absolute Gasteiger partial charge is 0.227 e. The summed E-state index contributed by atoms with van der Waals surface area (Å²) in [6.07, 6.45) is 0.846. The zero-order valence-corrected chi connectivity index (χ0v) is 15.9. The molecule has 2 heterocycles. The molecule has 1 aliphatic rings. The molecule has 0 aliphatic carbocycles. The molecule has 26 heavy (non-hydrogen) atoms. The summed E-state index contributed by atoms with van der Waals surface area (Å²) in [5.74, 6) is 1.96. The predicted molar refractivity (Wildman–Crippen MR) is 101 cm³/mol. The summed E-state index contributed by atoms with van der Waals surface area (Å²) in [6.45, 7) is 7.01. The van der Waals surface area contributed by atoms with Crippen molar-refractivity contribution in [2.75, 3.05) is 26.2 Å². The van der Waals surface area contributed by atoms with E-state index in [1.807, 2.05) is 36.1 Å². The number of carbonyl (C=O) groups excluding carboxylic acids is 1. The van der Waals surface area contributed by atoms with Crippen molar-refractivity contribution in [1.82, 2.24) is 20.4 Å². The summed E-state index contributed by atoms with van der Waals surface area (Å²) in [6, 6.07) is 7.89. The highest BCUT2D eigenvalue weighted by atomic mass is 35.5. The molecule has 7 nitrogen and oxygen atoms in total. The lowest BCUT2D eigenvalue weighted by Gasteiger charge is -2.31. The molecule has 1 N–H and O–H groups in total. The second-order valence-corrected chi connectivity index (χ2v) is 6.16. The normalized spacial score (nSPS) is 16.8. The van der Waals surface area contributed by atoms with Crippen molar-refractivity contribution in [2.45, 2.75) is 32.7 Å². The fourth-order valence-corrected chi connectivity index (χ4v) is 2.87. The Labute approximate surface area is 159 Å². The molecule has 3 rings (SSSR count). The minimum absolute atomic E-state index is 0. The average molecular weight is 381 g/mol. The standard InChI is InChI=1S/C18H24N4O3.ClH/c1-3-24-15-6-4-14(5-7-15)18-20-16(25-21-18)8-9-17(23)22-11-10-19-13(2)12-22;/h4-7,13,19H,3,8-12H2,1-2H3;1H. The average Bonchev–Trinajstić information content (AvgIpc) is 3.09. The molecule has 1 aliphatic heterocycles. The molecule has 1 unspecified atom stereocenters. The fourth-order valence-electron chi connectivity index (χ4n) is 2.87. The van der Waals surface area contributed by atoms with Crippen LogP contribution in [-0.4, -0.2) is 53.2 Å². The quantitative estimate of drug-likeness (QED) is 0.828. The van der Waals surface area contributed by atoms with Crippen LogP contribution in [0.25, 0.3) is 11.4 Å². The third kappa shape index (κ3) is 5.19. The molecule has 1 saturated heterocycles. The topological polar surface area (TPSA) is 80.5 Å². The minimum Gasteiger partial charge on any atom is -0.494 e. The Kier molecular flexibility index (Phi) is 7.41. The number of hydrogen-bond acceptors (Lipinski definition) is 6. The number of piperazine rings is 1. The molecular weight excluding hydrogens is 356 g/mol. The molecule has 2 aromatic rings. The number of aromatic nitrogens is 2. The van der Waals surface area contributed by atoms with Crippen LogP contribution in [0.15, 0.2) is 28.8 Å². The van der Waals surface area contributed by atoms with E-state index in [2.05, 4.69) is 22.4 Å². The Bertz CT molecular complexity index is 705. The lowest BCUT2D eigenvalue weighted by atomic mass is 10.2. The zero-order valence-electron chi connectivity index (χ0n) is 15.1. The van der Waals surface area contributed by atoms with Gasteiger partial charge in [0.1, 0.15) is 5.75 Å². The van der Waals surface area contributed by atoms with Gasteiger partial charge in [-0.15, -0.1) is 12.4 Å². The van der Waals surface area contributed by atoms with Gasteiger partial charge in [0, 0.05) is 44.1 Å². The van der Waals surface area contributed by atoms with E-state index in [1.54, 1.807) is 0 Å². The van der Waals surface area contributed by atoms with Crippen LogP contribution >= 0.6 is 12.4 Å². The summed E-state index contributed by atoms with van der Waals surface area (Å²) < 4.78 is 10.7. The third-order valence-electron chi connectivity index (χ3n) is 4.17. The second-order valence-electron chi connectivity index (χ2n) is 6.16. The van der Waals surface area contributed by atoms with Crippen molar-refractivity contribution in [3.05, 3.63) is 30.2 Å². The van der Waals surface area contributed by atoms with Crippen LogP contribution in [0.5, 0.6) is 5.75 Å². The summed E-state index contributed by atoms with van der Waals surface area (Å²) in [5.41, 5.74) is 0.862. The minimum atomic E-state index is 0. The molecule has 0 saturated carbocycles. The molecule has 0 spiro atoms. The van der Waals surface area contributed by atoms with Crippen LogP contribution in [0.4, 0.5) is 0 Å². The number of aryl methyl sites for hydroxylation is 1. The van der Waals surface area contributed by atoms with E-state index >= 15 is 0 Å². The van der Waals surface area contributed by atoms with Gasteiger partial charge in [-0.2, -0.15) is 4.98 Å². The SMILES string of the molecule is CCOc1ccc(-c2noc(CCC(=O)N3CCNC(C)C3)n2)cc1.Cl. The molecule has 0 radical (unpaired) electrons. The van der Waals surface area contributed by atoms with Gasteiger partial charge in [-0.05, 0) is 38.1 Å². The van der Waals surface area contributed by atoms with E-state index in [0.717, 1.165) is 30.9 Å². The molecule has 1 fully saturated rings. The zero-order chi connectivity index (χ0) is 17.6. The van der Waals surface area contributed by atoms with E-state index in [1.165, 1.54) is 0 Å². The molecule has 1 atom stereocenters. The predicted octanol–water partition coefficient (Wildman–Crippen LogP) is 2.31. The van der Waals surface area contributed by atoms with Crippen LogP contribution in [0.1, 0.15) is 26.2 Å². The number of rotatable bonds is 6. The fraction of sp³-hybridized carbons (Fsp3) is 0.500. The van der Waals surface area contributed by atoms with Gasteiger partial charge in [0.15, 0.2) is 0 Å². The van der Waals surface area contributed by atoms with Gasteiger partial charge in [-0.25, -0.2) is 0 Å². The van der Waals surface area contributed by atoms with Gasteiger partial charge in [-0.3, -0.25) is 4.79 Å². The van der Waals surface area contributed by atoms with Gasteiger partial charge >= 0.3 is 0 Å². The van der Waals surface area contributed by atoms with Crippen molar-refractivity contribution in [3.63, 3.8) is 0 Å². The number of nitrogens with one attached hydrogen (secondary N) is 1. The van der Waals surface area contributed by atoms with Gasteiger partial charge in [0.05, 0.1) is 6.61 Å². The molecule has 0 bridgehead atoms. The van der Waals surface area contributed by atoms with Gasteiger partial charge in [0.2, 0.25) is 17.6 Å². The first-order valence-electron chi connectivity index (χ1n) is 8.72. The summed E-state index contributed by atoms with van der Waals surface area (Å²) in [5, 5.41) is 7.33. The van der Waals surface area contributed by atoms with Crippen molar-refractivity contribution in [2.24, 2.45) is 0 Å². The summed E-state index contributed by atoms with van der Waals surface area (Å²) in [4.78, 5) is 18.6. The number of nitrogens with zero attached hydrogens (tertiary/aromatic N) is 3. The highest BCUT2D eigenvalue weighted by molar-refractivity contribution is 5.85. The number of benzene rings is 1. The van der Waals surface area contributed by atoms with Gasteiger partial charge in [-0.1, -0.05) is 5.16 Å². The Morgan fingerprint density at radius 2 is 2.15 bits per heavy atom. The van der Waals surface area contributed by atoms with Crippen LogP contribution in [0, 0.1) is 0 Å². The Morgan fingerprint density at radius 1 is 1.38 bits per heavy atom. The number of ether oxygens (including phenoxy) is 1. The molecule has 1 aromatic carbocycles. The first-order chi connectivity index (χ1) is 12.2.